The van der Waals surface area contributed by atoms with E-state index in [1.807, 2.05) is 24.5 Å². The maximum atomic E-state index is 12.8. The lowest BCUT2D eigenvalue weighted by molar-refractivity contribution is -0.0504. The van der Waals surface area contributed by atoms with Crippen molar-refractivity contribution >= 4 is 45.4 Å². The van der Waals surface area contributed by atoms with Crippen LogP contribution in [0.5, 0.6) is 0 Å². The van der Waals surface area contributed by atoms with E-state index in [1.54, 1.807) is 12.4 Å². The Kier molecular flexibility index (Phi) is 9.81. The van der Waals surface area contributed by atoms with E-state index in [2.05, 4.69) is 44.4 Å². The van der Waals surface area contributed by atoms with Gasteiger partial charge in [0, 0.05) is 47.6 Å². The van der Waals surface area contributed by atoms with Crippen LogP contribution in [0.2, 0.25) is 0 Å². The fourth-order valence-corrected chi connectivity index (χ4v) is 10.9. The normalized spacial score (nSPS) is 29.8. The van der Waals surface area contributed by atoms with Gasteiger partial charge in [0.15, 0.2) is 0 Å². The summed E-state index contributed by atoms with van der Waals surface area (Å²) in [4.78, 5) is 40.7. The van der Waals surface area contributed by atoms with E-state index in [9.17, 15) is 9.59 Å². The van der Waals surface area contributed by atoms with Crippen LogP contribution in [0, 0.1) is 40.9 Å². The molecule has 7 aliphatic rings. The number of nitrogens with zero attached hydrogens (tertiary/aromatic N) is 2. The van der Waals surface area contributed by atoms with Crippen molar-refractivity contribution in [3.63, 3.8) is 0 Å². The second-order valence-electron chi connectivity index (χ2n) is 18.3. The average molecular weight is 735 g/mol. The lowest BCUT2D eigenvalue weighted by Gasteiger charge is -2.59. The van der Waals surface area contributed by atoms with E-state index in [1.165, 1.54) is 89.9 Å². The van der Waals surface area contributed by atoms with Gasteiger partial charge >= 0.3 is 11.9 Å². The zero-order valence-corrected chi connectivity index (χ0v) is 32.1. The molecule has 4 aromatic rings. The maximum Gasteiger partial charge on any atom is 0.341 e. The number of ether oxygens (including phenoxy) is 2. The highest BCUT2D eigenvalue weighted by molar-refractivity contribution is 6.05. The van der Waals surface area contributed by atoms with Gasteiger partial charge < -0.3 is 30.1 Å². The molecule has 7 saturated carbocycles. The van der Waals surface area contributed by atoms with Crippen LogP contribution in [0.1, 0.15) is 131 Å². The molecule has 0 aliphatic heterocycles. The van der Waals surface area contributed by atoms with Gasteiger partial charge in [0.25, 0.3) is 0 Å². The highest BCUT2D eigenvalue weighted by Crippen LogP contribution is 2.60. The number of hydrogen-bond donors (Lipinski definition) is 4. The molecule has 0 amide bonds. The molecule has 54 heavy (non-hydrogen) atoms. The van der Waals surface area contributed by atoms with Crippen LogP contribution in [0.25, 0.3) is 22.1 Å². The number of fused-ring (bicyclic) bond motifs is 2. The summed E-state index contributed by atoms with van der Waals surface area (Å²) in [5.41, 5.74) is 5.16. The van der Waals surface area contributed by atoms with Crippen molar-refractivity contribution in [1.82, 2.24) is 19.9 Å². The number of rotatable bonds is 12. The number of pyridine rings is 2. The van der Waals surface area contributed by atoms with Crippen molar-refractivity contribution in [1.29, 1.82) is 0 Å². The fraction of sp³-hybridized carbons (Fsp3) is 0.636. The van der Waals surface area contributed by atoms with Gasteiger partial charge in [0.1, 0.15) is 22.4 Å². The van der Waals surface area contributed by atoms with Crippen molar-refractivity contribution in [3.05, 3.63) is 48.0 Å². The lowest BCUT2D eigenvalue weighted by atomic mass is 9.48. The first-order valence-electron chi connectivity index (χ1n) is 21.1. The summed E-state index contributed by atoms with van der Waals surface area (Å²) in [6.45, 7) is 5.83. The van der Waals surface area contributed by atoms with Crippen LogP contribution < -0.4 is 10.6 Å². The van der Waals surface area contributed by atoms with Gasteiger partial charge in [-0.25, -0.2) is 19.6 Å². The molecular weight excluding hydrogens is 677 g/mol. The molecule has 288 valence electrons. The van der Waals surface area contributed by atoms with Gasteiger partial charge in [0.05, 0.1) is 24.6 Å². The number of aromatic nitrogens is 4. The second-order valence-corrected chi connectivity index (χ2v) is 18.3. The first kappa shape index (κ1) is 35.6. The largest absolute Gasteiger partial charge is 0.462 e. The smallest absolute Gasteiger partial charge is 0.341 e. The third kappa shape index (κ3) is 7.59. The quantitative estimate of drug-likeness (QED) is 0.106. The molecule has 2 unspecified atom stereocenters. The molecule has 4 atom stereocenters. The van der Waals surface area contributed by atoms with Crippen molar-refractivity contribution in [2.75, 3.05) is 23.8 Å². The highest BCUT2D eigenvalue weighted by Gasteiger charge is 2.53. The molecule has 0 saturated heterocycles. The number of nitrogens with one attached hydrogen (secondary N) is 4. The summed E-state index contributed by atoms with van der Waals surface area (Å²) in [6, 6.07) is 4.89. The van der Waals surface area contributed by atoms with E-state index < -0.39 is 0 Å². The molecule has 0 aromatic carbocycles. The molecule has 10 nitrogen and oxygen atoms in total. The fourth-order valence-electron chi connectivity index (χ4n) is 10.9. The minimum Gasteiger partial charge on any atom is -0.462 e. The molecule has 0 spiro atoms. The average Bonchev–Trinajstić information content (AvgIpc) is 4.07. The van der Waals surface area contributed by atoms with Crippen LogP contribution in [0.3, 0.4) is 0 Å². The van der Waals surface area contributed by atoms with Crippen LogP contribution in [-0.2, 0) is 9.47 Å². The Hall–Kier alpha value is -4.08. The summed E-state index contributed by atoms with van der Waals surface area (Å²) in [5, 5.41) is 9.53. The molecule has 4 N–H and O–H groups in total. The van der Waals surface area contributed by atoms with Crippen molar-refractivity contribution < 1.29 is 19.1 Å². The molecule has 11 rings (SSSR count). The summed E-state index contributed by atoms with van der Waals surface area (Å²) in [6.07, 6.45) is 26.0. The number of carbonyl (C=O) groups is 2. The SMILES string of the molecule is CC12CC3CC(C1)C(Nc1c(C(=O)OCC4CC4)cnc4[nH]ccc14)C(C3)C2.CCC[C@H]1CCC[C@@H](Nc2c(C(=O)OCC3CC3)cnc3[nH]ccc23)C1. The van der Waals surface area contributed by atoms with E-state index in [4.69, 9.17) is 9.47 Å². The molecular formula is C44H58N6O4. The van der Waals surface area contributed by atoms with Crippen molar-refractivity contribution in [2.24, 2.45) is 40.9 Å². The third-order valence-electron chi connectivity index (χ3n) is 13.6. The van der Waals surface area contributed by atoms with E-state index in [0.717, 1.165) is 51.7 Å². The van der Waals surface area contributed by atoms with Crippen LogP contribution in [-0.4, -0.2) is 57.2 Å². The van der Waals surface area contributed by atoms with Crippen molar-refractivity contribution in [2.45, 2.75) is 122 Å². The lowest BCUT2D eigenvalue weighted by Crippen LogP contribution is -2.55. The number of anilines is 2. The van der Waals surface area contributed by atoms with Gasteiger partial charge in [-0.05, 0) is 124 Å². The molecule has 4 bridgehead atoms. The van der Waals surface area contributed by atoms with Gasteiger partial charge in [0.2, 0.25) is 0 Å². The van der Waals surface area contributed by atoms with Gasteiger partial charge in [-0.1, -0.05) is 39.5 Å². The molecule has 4 aromatic heterocycles. The zero-order chi connectivity index (χ0) is 36.8. The first-order valence-corrected chi connectivity index (χ1v) is 21.1. The van der Waals surface area contributed by atoms with Crippen LogP contribution in [0.4, 0.5) is 11.4 Å². The van der Waals surface area contributed by atoms with Gasteiger partial charge in [-0.15, -0.1) is 0 Å². The van der Waals surface area contributed by atoms with E-state index >= 15 is 0 Å². The minimum atomic E-state index is -0.254. The number of esters is 2. The van der Waals surface area contributed by atoms with E-state index in [0.29, 0.717) is 65.5 Å². The predicted molar refractivity (Wildman–Crippen MR) is 212 cm³/mol. The third-order valence-corrected chi connectivity index (χ3v) is 13.6. The van der Waals surface area contributed by atoms with Crippen LogP contribution in [0.15, 0.2) is 36.9 Å². The first-order chi connectivity index (χ1) is 26.3. The Morgan fingerprint density at radius 2 is 1.33 bits per heavy atom. The Morgan fingerprint density at radius 3 is 1.87 bits per heavy atom. The Bertz CT molecular complexity index is 1960. The Morgan fingerprint density at radius 1 is 0.759 bits per heavy atom. The number of hydrogen-bond acceptors (Lipinski definition) is 8. The summed E-state index contributed by atoms with van der Waals surface area (Å²) >= 11 is 0. The Labute approximate surface area is 318 Å². The van der Waals surface area contributed by atoms with E-state index in [-0.39, 0.29) is 11.9 Å². The van der Waals surface area contributed by atoms with Gasteiger partial charge in [-0.3, -0.25) is 0 Å². The summed E-state index contributed by atoms with van der Waals surface area (Å²) in [7, 11) is 0. The maximum absolute atomic E-state index is 12.8. The number of carbonyl (C=O) groups excluding carboxylic acids is 2. The van der Waals surface area contributed by atoms with Gasteiger partial charge in [-0.2, -0.15) is 0 Å². The molecule has 10 heteroatoms. The topological polar surface area (TPSA) is 134 Å². The minimum absolute atomic E-state index is 0.235. The summed E-state index contributed by atoms with van der Waals surface area (Å²) in [5.74, 6) is 3.77. The molecule has 4 heterocycles. The summed E-state index contributed by atoms with van der Waals surface area (Å²) < 4.78 is 11.2. The second kappa shape index (κ2) is 14.9. The number of H-pyrrole nitrogens is 2. The molecule has 7 aliphatic carbocycles. The Balaban J connectivity index is 0.000000143. The zero-order valence-electron chi connectivity index (χ0n) is 32.1. The molecule has 7 fully saturated rings. The molecule has 0 radical (unpaired) electrons. The standard InChI is InChI=1S/C23H29N3O2.C21H29N3O2/c1-23-8-14-6-15(9-23)19(16(7-14)10-23)26-20-17-4-5-24-21(17)25-11-18(20)22(27)28-12-13-2-3-13;1-2-4-14-5-3-6-16(11-14)24-19-17-9-10-22-20(17)23-12-18(19)21(25)26-13-15-7-8-15/h4-5,11,13-16,19H,2-3,6-10,12H2,1H3,(H2,24,25,26);9-10,12,14-16H,2-8,11,13H2,1H3,(H2,22,23,24)/t;14-,16+/m.0/s1. The van der Waals surface area contributed by atoms with Crippen molar-refractivity contribution in [3.8, 4) is 0 Å². The monoisotopic (exact) mass is 734 g/mol. The predicted octanol–water partition coefficient (Wildman–Crippen LogP) is 9.66. The highest BCUT2D eigenvalue weighted by atomic mass is 16.5. The number of aromatic amines is 2. The van der Waals surface area contributed by atoms with Crippen LogP contribution >= 0.6 is 0 Å².